The molecule has 5 atom stereocenters. The number of rotatable bonds is 15. The first-order valence-electron chi connectivity index (χ1n) is 11.7. The van der Waals surface area contributed by atoms with Crippen LogP contribution in [0.2, 0.25) is 0 Å². The fourth-order valence-corrected chi connectivity index (χ4v) is 5.00. The van der Waals surface area contributed by atoms with Crippen LogP contribution in [0.1, 0.15) is 59.8 Å². The smallest absolute Gasteiger partial charge is 0.333 e. The summed E-state index contributed by atoms with van der Waals surface area (Å²) >= 11 is 0. The van der Waals surface area contributed by atoms with Crippen molar-refractivity contribution in [1.29, 1.82) is 0 Å². The molecule has 12 nitrogen and oxygen atoms in total. The average Bonchev–Trinajstić information content (AvgIpc) is 2.77. The van der Waals surface area contributed by atoms with Gasteiger partial charge in [-0.05, 0) is 52.9 Å². The monoisotopic (exact) mass is 528 g/mol. The van der Waals surface area contributed by atoms with Gasteiger partial charge in [-0.1, -0.05) is 13.2 Å². The lowest BCUT2D eigenvalue weighted by atomic mass is 9.50. The number of hydrogen-bond donors (Lipinski definition) is 3. The summed E-state index contributed by atoms with van der Waals surface area (Å²) < 4.78 is 20.8. The molecule has 0 heterocycles. The molecule has 208 valence electrons. The van der Waals surface area contributed by atoms with E-state index in [0.29, 0.717) is 0 Å². The Hall–Kier alpha value is -3.41. The number of carbonyl (C=O) groups is 5. The fraction of sp³-hybridized carbons (Fsp3) is 0.640. The summed E-state index contributed by atoms with van der Waals surface area (Å²) in [5.74, 6) is -5.78. The molecule has 0 aliphatic heterocycles. The number of carboxylic acids is 3. The lowest BCUT2D eigenvalue weighted by Gasteiger charge is -2.53. The van der Waals surface area contributed by atoms with Crippen molar-refractivity contribution in [3.05, 3.63) is 25.0 Å². The molecule has 0 aromatic rings. The Labute approximate surface area is 215 Å². The highest BCUT2D eigenvalue weighted by Crippen LogP contribution is 2.59. The van der Waals surface area contributed by atoms with Gasteiger partial charge < -0.3 is 34.3 Å². The van der Waals surface area contributed by atoms with Gasteiger partial charge in [-0.15, -0.1) is 0 Å². The Morgan fingerprint density at radius 1 is 0.892 bits per heavy atom. The van der Waals surface area contributed by atoms with Gasteiger partial charge in [0, 0.05) is 12.5 Å². The highest BCUT2D eigenvalue weighted by atomic mass is 16.7. The van der Waals surface area contributed by atoms with Crippen LogP contribution in [0.4, 0.5) is 0 Å². The first-order valence-corrected chi connectivity index (χ1v) is 11.7. The molecule has 1 aliphatic rings. The summed E-state index contributed by atoms with van der Waals surface area (Å²) in [6, 6.07) is 0. The van der Waals surface area contributed by atoms with E-state index in [4.69, 9.17) is 18.9 Å². The van der Waals surface area contributed by atoms with Crippen LogP contribution in [0, 0.1) is 16.2 Å². The molecule has 1 aliphatic carbocycles. The third-order valence-electron chi connectivity index (χ3n) is 6.80. The number of esters is 2. The van der Waals surface area contributed by atoms with Crippen LogP contribution in [0.3, 0.4) is 0 Å². The molecule has 5 unspecified atom stereocenters. The predicted octanol–water partition coefficient (Wildman–Crippen LogP) is 2.76. The first-order chi connectivity index (χ1) is 17.1. The quantitative estimate of drug-likeness (QED) is 0.0930. The van der Waals surface area contributed by atoms with E-state index in [2.05, 4.69) is 13.2 Å². The molecule has 37 heavy (non-hydrogen) atoms. The Morgan fingerprint density at radius 3 is 1.81 bits per heavy atom. The molecule has 0 saturated heterocycles. The van der Waals surface area contributed by atoms with Crippen molar-refractivity contribution in [2.75, 3.05) is 13.2 Å². The number of hydrogen-bond acceptors (Lipinski definition) is 9. The molecular weight excluding hydrogens is 492 g/mol. The van der Waals surface area contributed by atoms with E-state index in [1.54, 1.807) is 0 Å². The third-order valence-corrected chi connectivity index (χ3v) is 6.80. The first kappa shape index (κ1) is 31.6. The summed E-state index contributed by atoms with van der Waals surface area (Å²) in [5.41, 5.74) is -5.74. The van der Waals surface area contributed by atoms with Crippen molar-refractivity contribution in [1.82, 2.24) is 0 Å². The van der Waals surface area contributed by atoms with Crippen LogP contribution in [-0.4, -0.2) is 70.8 Å². The standard InChI is InChI=1S/C25H36O12/c1-7-34-10-8-23(20(28)29)12-24(21(30)31,9-11-35-19(27)15(2)3)14-25(13-23,22(32)33)16(4)36-18(6)37-17(5)26/h7,16,18H,1-2,8-14H2,3-6H3,(H,28,29)(H,30,31)(H,32,33). The minimum atomic E-state index is -2.03. The topological polar surface area (TPSA) is 183 Å². The second kappa shape index (κ2) is 12.7. The number of carbonyl (C=O) groups excluding carboxylic acids is 2. The van der Waals surface area contributed by atoms with E-state index in [0.717, 1.165) is 13.2 Å². The zero-order valence-corrected chi connectivity index (χ0v) is 21.6. The largest absolute Gasteiger partial charge is 0.502 e. The van der Waals surface area contributed by atoms with Crippen LogP contribution in [0.25, 0.3) is 0 Å². The molecule has 0 bridgehead atoms. The number of carboxylic acid groups (broad SMARTS) is 3. The highest BCUT2D eigenvalue weighted by molar-refractivity contribution is 5.87. The molecule has 0 spiro atoms. The maximum Gasteiger partial charge on any atom is 0.333 e. The molecule has 0 aromatic carbocycles. The van der Waals surface area contributed by atoms with E-state index >= 15 is 0 Å². The molecule has 12 heteroatoms. The molecule has 0 radical (unpaired) electrons. The average molecular weight is 529 g/mol. The van der Waals surface area contributed by atoms with Crippen molar-refractivity contribution in [3.63, 3.8) is 0 Å². The molecule has 1 fully saturated rings. The maximum atomic E-state index is 12.8. The fourth-order valence-electron chi connectivity index (χ4n) is 5.00. The van der Waals surface area contributed by atoms with Crippen LogP contribution in [0.5, 0.6) is 0 Å². The number of ether oxygens (including phenoxy) is 4. The van der Waals surface area contributed by atoms with Gasteiger partial charge in [-0.2, -0.15) is 0 Å². The van der Waals surface area contributed by atoms with Gasteiger partial charge >= 0.3 is 29.8 Å². The zero-order valence-electron chi connectivity index (χ0n) is 21.6. The molecular formula is C25H36O12. The lowest BCUT2D eigenvalue weighted by molar-refractivity contribution is -0.219. The Kier molecular flexibility index (Phi) is 10.9. The van der Waals surface area contributed by atoms with E-state index in [1.807, 2.05) is 0 Å². The summed E-state index contributed by atoms with van der Waals surface area (Å²) in [6.07, 6.45) is -3.43. The summed E-state index contributed by atoms with van der Waals surface area (Å²) in [5, 5.41) is 31.1. The minimum Gasteiger partial charge on any atom is -0.502 e. The molecule has 0 amide bonds. The van der Waals surface area contributed by atoms with Gasteiger partial charge in [0.1, 0.15) is 0 Å². The summed E-state index contributed by atoms with van der Waals surface area (Å²) in [7, 11) is 0. The van der Waals surface area contributed by atoms with Crippen molar-refractivity contribution < 1.29 is 58.2 Å². The van der Waals surface area contributed by atoms with E-state index < -0.39 is 84.4 Å². The van der Waals surface area contributed by atoms with Crippen molar-refractivity contribution >= 4 is 29.8 Å². The van der Waals surface area contributed by atoms with Gasteiger partial charge in [0.25, 0.3) is 0 Å². The van der Waals surface area contributed by atoms with Gasteiger partial charge in [0.05, 0.1) is 41.8 Å². The van der Waals surface area contributed by atoms with Gasteiger partial charge in [-0.25, -0.2) is 4.79 Å². The van der Waals surface area contributed by atoms with Crippen LogP contribution in [0.15, 0.2) is 25.0 Å². The Morgan fingerprint density at radius 2 is 1.41 bits per heavy atom. The molecule has 0 aromatic heterocycles. The van der Waals surface area contributed by atoms with Crippen molar-refractivity contribution in [2.45, 2.75) is 72.2 Å². The van der Waals surface area contributed by atoms with Crippen LogP contribution >= 0.6 is 0 Å². The van der Waals surface area contributed by atoms with Crippen LogP contribution in [-0.2, 0) is 42.9 Å². The van der Waals surface area contributed by atoms with Gasteiger partial charge in [0.2, 0.25) is 0 Å². The van der Waals surface area contributed by atoms with E-state index in [1.165, 1.54) is 20.8 Å². The second-order valence-corrected chi connectivity index (χ2v) is 9.57. The molecule has 1 saturated carbocycles. The van der Waals surface area contributed by atoms with Gasteiger partial charge in [-0.3, -0.25) is 19.2 Å². The lowest BCUT2D eigenvalue weighted by Crippen LogP contribution is -2.59. The summed E-state index contributed by atoms with van der Waals surface area (Å²) in [4.78, 5) is 61.4. The second-order valence-electron chi connectivity index (χ2n) is 9.57. The zero-order chi connectivity index (χ0) is 28.6. The predicted molar refractivity (Wildman–Crippen MR) is 127 cm³/mol. The van der Waals surface area contributed by atoms with Crippen molar-refractivity contribution in [3.8, 4) is 0 Å². The van der Waals surface area contributed by atoms with E-state index in [-0.39, 0.29) is 25.0 Å². The van der Waals surface area contributed by atoms with E-state index in [9.17, 15) is 39.3 Å². The SMILES string of the molecule is C=COCCC1(C(=O)O)CC(CCOC(=O)C(=C)C)(C(=O)O)CC(C(=O)O)(C(C)OC(C)OC(C)=O)C1. The highest BCUT2D eigenvalue weighted by Gasteiger charge is 2.65. The number of aliphatic carboxylic acids is 3. The van der Waals surface area contributed by atoms with Gasteiger partial charge in [0.15, 0.2) is 6.29 Å². The third kappa shape index (κ3) is 7.54. The Bertz CT molecular complexity index is 927. The van der Waals surface area contributed by atoms with Crippen LogP contribution < -0.4 is 0 Å². The normalized spacial score (nSPS) is 26.7. The molecule has 3 N–H and O–H groups in total. The Balaban J connectivity index is 3.65. The molecule has 1 rings (SSSR count). The van der Waals surface area contributed by atoms with Crippen molar-refractivity contribution in [2.24, 2.45) is 16.2 Å². The minimum absolute atomic E-state index is 0.0795. The maximum absolute atomic E-state index is 12.8. The summed E-state index contributed by atoms with van der Waals surface area (Å²) in [6.45, 7) is 11.6.